The van der Waals surface area contributed by atoms with Crippen molar-refractivity contribution >= 4 is 22.4 Å². The van der Waals surface area contributed by atoms with Gasteiger partial charge in [-0.25, -0.2) is 4.98 Å². The number of carbonyl (C=O) groups is 1. The first kappa shape index (κ1) is 20.0. The zero-order chi connectivity index (χ0) is 20.9. The molecule has 4 rings (SSSR count). The summed E-state index contributed by atoms with van der Waals surface area (Å²) >= 11 is 1.45. The van der Waals surface area contributed by atoms with Gasteiger partial charge in [0.25, 0.3) is 5.91 Å². The minimum Gasteiger partial charge on any atom is -0.298 e. The van der Waals surface area contributed by atoms with E-state index < -0.39 is 0 Å². The van der Waals surface area contributed by atoms with Crippen LogP contribution in [-0.4, -0.2) is 10.9 Å². The second kappa shape index (κ2) is 9.06. The first-order chi connectivity index (χ1) is 14.6. The maximum Gasteiger partial charge on any atom is 0.257 e. The molecule has 0 aliphatic rings. The molecular weight excluding hydrogens is 388 g/mol. The Morgan fingerprint density at radius 3 is 2.47 bits per heavy atom. The number of aryl methyl sites for hydroxylation is 4. The molecule has 1 heterocycles. The van der Waals surface area contributed by atoms with E-state index in [1.165, 1.54) is 28.0 Å². The van der Waals surface area contributed by atoms with Crippen molar-refractivity contribution in [2.45, 2.75) is 26.7 Å². The second-order valence-corrected chi connectivity index (χ2v) is 8.29. The van der Waals surface area contributed by atoms with E-state index in [1.54, 1.807) is 0 Å². The SMILES string of the molecule is Cc1ccc(-c2csc(NC(=O)c3ccccc3CCc3ccccc3)n2)cc1C. The summed E-state index contributed by atoms with van der Waals surface area (Å²) in [5.74, 6) is -0.111. The summed E-state index contributed by atoms with van der Waals surface area (Å²) in [6, 6.07) is 24.5. The van der Waals surface area contributed by atoms with Gasteiger partial charge in [0.15, 0.2) is 5.13 Å². The normalized spacial score (nSPS) is 10.7. The van der Waals surface area contributed by atoms with Crippen molar-refractivity contribution in [3.63, 3.8) is 0 Å². The molecule has 0 unspecified atom stereocenters. The van der Waals surface area contributed by atoms with Gasteiger partial charge in [0.05, 0.1) is 5.69 Å². The summed E-state index contributed by atoms with van der Waals surface area (Å²) in [5, 5.41) is 5.59. The lowest BCUT2D eigenvalue weighted by molar-refractivity contribution is 0.102. The lowest BCUT2D eigenvalue weighted by atomic mass is 9.99. The van der Waals surface area contributed by atoms with Crippen molar-refractivity contribution in [1.29, 1.82) is 0 Å². The van der Waals surface area contributed by atoms with Gasteiger partial charge < -0.3 is 0 Å². The standard InChI is InChI=1S/C26H24N2OS/c1-18-12-14-22(16-19(18)2)24-17-30-26(27-24)28-25(29)23-11-7-6-10-21(23)15-13-20-8-4-3-5-9-20/h3-12,14,16-17H,13,15H2,1-2H3,(H,27,28,29). The molecule has 1 aromatic heterocycles. The van der Waals surface area contributed by atoms with E-state index in [9.17, 15) is 4.79 Å². The molecule has 0 radical (unpaired) electrons. The minimum atomic E-state index is -0.111. The minimum absolute atomic E-state index is 0.111. The van der Waals surface area contributed by atoms with Gasteiger partial charge in [0.1, 0.15) is 0 Å². The molecule has 0 aliphatic carbocycles. The number of hydrogen-bond donors (Lipinski definition) is 1. The highest BCUT2D eigenvalue weighted by molar-refractivity contribution is 7.14. The van der Waals surface area contributed by atoms with Crippen LogP contribution in [0.3, 0.4) is 0 Å². The topological polar surface area (TPSA) is 42.0 Å². The lowest BCUT2D eigenvalue weighted by Gasteiger charge is -2.09. The summed E-state index contributed by atoms with van der Waals surface area (Å²) in [5.41, 5.74) is 7.47. The maximum atomic E-state index is 12.9. The first-order valence-corrected chi connectivity index (χ1v) is 10.9. The molecule has 0 spiro atoms. The lowest BCUT2D eigenvalue weighted by Crippen LogP contribution is -2.14. The molecule has 1 N–H and O–H groups in total. The Kier molecular flexibility index (Phi) is 6.05. The molecule has 0 saturated carbocycles. The zero-order valence-electron chi connectivity index (χ0n) is 17.2. The van der Waals surface area contributed by atoms with Crippen LogP contribution < -0.4 is 5.32 Å². The fraction of sp³-hybridized carbons (Fsp3) is 0.154. The quantitative estimate of drug-likeness (QED) is 0.395. The number of nitrogens with zero attached hydrogens (tertiary/aromatic N) is 1. The van der Waals surface area contributed by atoms with E-state index in [0.29, 0.717) is 10.7 Å². The van der Waals surface area contributed by atoms with E-state index in [-0.39, 0.29) is 5.91 Å². The molecular formula is C26H24N2OS. The highest BCUT2D eigenvalue weighted by Gasteiger charge is 2.14. The Bertz CT molecular complexity index is 1160. The van der Waals surface area contributed by atoms with Crippen molar-refractivity contribution in [2.75, 3.05) is 5.32 Å². The third-order valence-electron chi connectivity index (χ3n) is 5.32. The van der Waals surface area contributed by atoms with Crippen molar-refractivity contribution in [1.82, 2.24) is 4.98 Å². The molecule has 30 heavy (non-hydrogen) atoms. The third kappa shape index (κ3) is 4.66. The van der Waals surface area contributed by atoms with Gasteiger partial charge >= 0.3 is 0 Å². The summed E-state index contributed by atoms with van der Waals surface area (Å²) < 4.78 is 0. The third-order valence-corrected chi connectivity index (χ3v) is 6.07. The average Bonchev–Trinajstić information content (AvgIpc) is 3.23. The number of aromatic nitrogens is 1. The molecule has 0 saturated heterocycles. The van der Waals surface area contributed by atoms with E-state index in [4.69, 9.17) is 0 Å². The van der Waals surface area contributed by atoms with Gasteiger partial charge in [-0.3, -0.25) is 10.1 Å². The number of rotatable bonds is 6. The highest BCUT2D eigenvalue weighted by Crippen LogP contribution is 2.27. The van der Waals surface area contributed by atoms with E-state index in [1.807, 2.05) is 47.8 Å². The Morgan fingerprint density at radius 2 is 1.67 bits per heavy atom. The van der Waals surface area contributed by atoms with E-state index in [2.05, 4.69) is 54.5 Å². The van der Waals surface area contributed by atoms with Crippen LogP contribution in [0.5, 0.6) is 0 Å². The van der Waals surface area contributed by atoms with Crippen molar-refractivity contribution in [3.05, 3.63) is 106 Å². The van der Waals surface area contributed by atoms with Crippen LogP contribution in [0.15, 0.2) is 78.2 Å². The number of amides is 1. The summed E-state index contributed by atoms with van der Waals surface area (Å²) in [6.07, 6.45) is 1.72. The van der Waals surface area contributed by atoms with Gasteiger partial charge in [-0.2, -0.15) is 0 Å². The smallest absolute Gasteiger partial charge is 0.257 e. The van der Waals surface area contributed by atoms with Gasteiger partial charge in [-0.15, -0.1) is 11.3 Å². The molecule has 3 aromatic carbocycles. The fourth-order valence-electron chi connectivity index (χ4n) is 3.41. The molecule has 0 atom stereocenters. The zero-order valence-corrected chi connectivity index (χ0v) is 18.0. The number of hydrogen-bond acceptors (Lipinski definition) is 3. The molecule has 1 amide bonds. The van der Waals surface area contributed by atoms with Gasteiger partial charge in [0.2, 0.25) is 0 Å². The van der Waals surface area contributed by atoms with E-state index in [0.717, 1.165) is 29.7 Å². The summed E-state index contributed by atoms with van der Waals surface area (Å²) in [4.78, 5) is 17.6. The predicted molar refractivity (Wildman–Crippen MR) is 125 cm³/mol. The fourth-order valence-corrected chi connectivity index (χ4v) is 4.13. The molecule has 0 bridgehead atoms. The number of nitrogens with one attached hydrogen (secondary N) is 1. The van der Waals surface area contributed by atoms with Gasteiger partial charge in [-0.05, 0) is 61.1 Å². The summed E-state index contributed by atoms with van der Waals surface area (Å²) in [7, 11) is 0. The largest absolute Gasteiger partial charge is 0.298 e. The molecule has 150 valence electrons. The Balaban J connectivity index is 1.48. The van der Waals surface area contributed by atoms with Crippen LogP contribution in [0.25, 0.3) is 11.3 Å². The average molecular weight is 413 g/mol. The number of benzene rings is 3. The maximum absolute atomic E-state index is 12.9. The Morgan fingerprint density at radius 1 is 0.900 bits per heavy atom. The molecule has 0 aliphatic heterocycles. The predicted octanol–water partition coefficient (Wildman–Crippen LogP) is 6.46. The highest BCUT2D eigenvalue weighted by atomic mass is 32.1. The number of carbonyl (C=O) groups excluding carboxylic acids is 1. The van der Waals surface area contributed by atoms with Crippen molar-refractivity contribution < 1.29 is 4.79 Å². The molecule has 0 fully saturated rings. The monoisotopic (exact) mass is 412 g/mol. The first-order valence-electron chi connectivity index (χ1n) is 10.1. The van der Waals surface area contributed by atoms with Crippen molar-refractivity contribution in [3.8, 4) is 11.3 Å². The van der Waals surface area contributed by atoms with Crippen LogP contribution in [0.2, 0.25) is 0 Å². The Hall–Kier alpha value is -3.24. The molecule has 4 aromatic rings. The van der Waals surface area contributed by atoms with Crippen LogP contribution in [0, 0.1) is 13.8 Å². The molecule has 4 heteroatoms. The second-order valence-electron chi connectivity index (χ2n) is 7.43. The van der Waals surface area contributed by atoms with Crippen LogP contribution in [0.1, 0.15) is 32.6 Å². The number of anilines is 1. The van der Waals surface area contributed by atoms with E-state index >= 15 is 0 Å². The Labute approximate surface area is 181 Å². The van der Waals surface area contributed by atoms with Gasteiger partial charge in [-0.1, -0.05) is 60.7 Å². The molecule has 3 nitrogen and oxygen atoms in total. The summed E-state index contributed by atoms with van der Waals surface area (Å²) in [6.45, 7) is 4.20. The van der Waals surface area contributed by atoms with Crippen molar-refractivity contribution in [2.24, 2.45) is 0 Å². The van der Waals surface area contributed by atoms with Crippen LogP contribution in [0.4, 0.5) is 5.13 Å². The van der Waals surface area contributed by atoms with Crippen LogP contribution >= 0.6 is 11.3 Å². The number of thiazole rings is 1. The van der Waals surface area contributed by atoms with Gasteiger partial charge in [0, 0.05) is 16.5 Å². The van der Waals surface area contributed by atoms with Crippen LogP contribution in [-0.2, 0) is 12.8 Å².